The molecule has 0 aromatic heterocycles. The fraction of sp³-hybridized carbons (Fsp3) is 0.500. The summed E-state index contributed by atoms with van der Waals surface area (Å²) in [5.74, 6) is -3.94. The third kappa shape index (κ3) is 1.88. The second kappa shape index (κ2) is 3.92. The van der Waals surface area contributed by atoms with Gasteiger partial charge in [0.1, 0.15) is 0 Å². The van der Waals surface area contributed by atoms with Gasteiger partial charge < -0.3 is 10.4 Å². The summed E-state index contributed by atoms with van der Waals surface area (Å²) in [5, 5.41) is 11.7. The molecule has 1 aliphatic carbocycles. The quantitative estimate of drug-likeness (QED) is 0.882. The topological polar surface area (TPSA) is 49.3 Å². The van der Waals surface area contributed by atoms with Gasteiger partial charge >= 0.3 is 5.97 Å². The Morgan fingerprint density at radius 3 is 2.11 bits per heavy atom. The highest BCUT2D eigenvalue weighted by Gasteiger charge is 2.65. The van der Waals surface area contributed by atoms with E-state index in [1.54, 1.807) is 0 Å². The van der Waals surface area contributed by atoms with Gasteiger partial charge in [-0.1, -0.05) is 27.7 Å². The van der Waals surface area contributed by atoms with Crippen molar-refractivity contribution in [2.75, 3.05) is 5.32 Å². The minimum Gasteiger partial charge on any atom is -0.478 e. The molecule has 0 saturated heterocycles. The SMILES string of the molecule is CC1(C)C(Nc2ccc(C(=O)O)c(F)c2F)C1(C)C. The van der Waals surface area contributed by atoms with Crippen molar-refractivity contribution in [3.8, 4) is 0 Å². The smallest absolute Gasteiger partial charge is 0.338 e. The van der Waals surface area contributed by atoms with E-state index in [0.29, 0.717) is 0 Å². The number of hydrogen-bond donors (Lipinski definition) is 2. The number of halogens is 2. The molecule has 1 aliphatic rings. The van der Waals surface area contributed by atoms with Crippen molar-refractivity contribution in [2.24, 2.45) is 10.8 Å². The highest BCUT2D eigenvalue weighted by Crippen LogP contribution is 2.63. The summed E-state index contributed by atoms with van der Waals surface area (Å²) in [6.07, 6.45) is 0. The van der Waals surface area contributed by atoms with Gasteiger partial charge in [-0.05, 0) is 23.0 Å². The highest BCUT2D eigenvalue weighted by atomic mass is 19.2. The highest BCUT2D eigenvalue weighted by molar-refractivity contribution is 5.88. The van der Waals surface area contributed by atoms with Crippen LogP contribution in [-0.2, 0) is 0 Å². The summed E-state index contributed by atoms with van der Waals surface area (Å²) in [5.41, 5.74) is -0.702. The lowest BCUT2D eigenvalue weighted by atomic mass is 10.0. The number of anilines is 1. The molecule has 0 bridgehead atoms. The van der Waals surface area contributed by atoms with Crippen LogP contribution < -0.4 is 5.32 Å². The summed E-state index contributed by atoms with van der Waals surface area (Å²) in [4.78, 5) is 10.7. The van der Waals surface area contributed by atoms with E-state index in [9.17, 15) is 13.6 Å². The Bertz CT molecular complexity index is 539. The zero-order valence-corrected chi connectivity index (χ0v) is 11.3. The average Bonchev–Trinajstić information content (AvgIpc) is 2.66. The number of carboxylic acid groups (broad SMARTS) is 1. The van der Waals surface area contributed by atoms with Gasteiger partial charge in [0, 0.05) is 6.04 Å². The summed E-state index contributed by atoms with van der Waals surface area (Å²) in [6.45, 7) is 8.18. The van der Waals surface area contributed by atoms with E-state index >= 15 is 0 Å². The van der Waals surface area contributed by atoms with Crippen LogP contribution in [0.15, 0.2) is 12.1 Å². The predicted octanol–water partition coefficient (Wildman–Crippen LogP) is 3.51. The maximum Gasteiger partial charge on any atom is 0.338 e. The maximum atomic E-state index is 13.8. The van der Waals surface area contributed by atoms with Crippen LogP contribution in [0.3, 0.4) is 0 Å². The zero-order valence-electron chi connectivity index (χ0n) is 11.3. The van der Waals surface area contributed by atoms with Crippen molar-refractivity contribution in [1.29, 1.82) is 0 Å². The van der Waals surface area contributed by atoms with Crippen LogP contribution in [-0.4, -0.2) is 17.1 Å². The average molecular weight is 269 g/mol. The first-order chi connectivity index (χ1) is 8.60. The molecule has 0 radical (unpaired) electrons. The number of carbonyl (C=O) groups is 1. The van der Waals surface area contributed by atoms with E-state index in [1.165, 1.54) is 6.07 Å². The van der Waals surface area contributed by atoms with Crippen LogP contribution >= 0.6 is 0 Å². The number of aromatic carboxylic acids is 1. The largest absolute Gasteiger partial charge is 0.478 e. The van der Waals surface area contributed by atoms with E-state index in [-0.39, 0.29) is 22.6 Å². The van der Waals surface area contributed by atoms with Gasteiger partial charge in [-0.15, -0.1) is 0 Å². The van der Waals surface area contributed by atoms with Crippen molar-refractivity contribution in [3.05, 3.63) is 29.3 Å². The van der Waals surface area contributed by atoms with Crippen molar-refractivity contribution in [1.82, 2.24) is 0 Å². The molecule has 104 valence electrons. The van der Waals surface area contributed by atoms with Gasteiger partial charge in [0.15, 0.2) is 11.6 Å². The molecule has 0 spiro atoms. The summed E-state index contributed by atoms with van der Waals surface area (Å²) >= 11 is 0. The number of hydrogen-bond acceptors (Lipinski definition) is 2. The van der Waals surface area contributed by atoms with Crippen LogP contribution in [0.25, 0.3) is 0 Å². The predicted molar refractivity (Wildman–Crippen MR) is 68.3 cm³/mol. The molecule has 0 atom stereocenters. The van der Waals surface area contributed by atoms with Crippen molar-refractivity contribution in [2.45, 2.75) is 33.7 Å². The lowest BCUT2D eigenvalue weighted by Crippen LogP contribution is -2.13. The summed E-state index contributed by atoms with van der Waals surface area (Å²) in [7, 11) is 0. The van der Waals surface area contributed by atoms with Gasteiger partial charge in [0.05, 0.1) is 11.3 Å². The van der Waals surface area contributed by atoms with Gasteiger partial charge in [-0.25, -0.2) is 13.6 Å². The summed E-state index contributed by atoms with van der Waals surface area (Å²) < 4.78 is 27.4. The normalized spacial score (nSPS) is 20.1. The Labute approximate surface area is 110 Å². The van der Waals surface area contributed by atoms with Crippen molar-refractivity contribution in [3.63, 3.8) is 0 Å². The van der Waals surface area contributed by atoms with Crippen LogP contribution in [0.5, 0.6) is 0 Å². The molecule has 2 rings (SSSR count). The molecule has 5 heteroatoms. The van der Waals surface area contributed by atoms with Crippen LogP contribution in [0.4, 0.5) is 14.5 Å². The Morgan fingerprint density at radius 2 is 1.68 bits per heavy atom. The van der Waals surface area contributed by atoms with Crippen LogP contribution in [0, 0.1) is 22.5 Å². The Morgan fingerprint density at radius 1 is 1.16 bits per heavy atom. The maximum absolute atomic E-state index is 13.8. The minimum atomic E-state index is -1.48. The van der Waals surface area contributed by atoms with E-state index < -0.39 is 23.2 Å². The fourth-order valence-corrected chi connectivity index (χ4v) is 2.54. The van der Waals surface area contributed by atoms with Crippen LogP contribution in [0.1, 0.15) is 38.1 Å². The molecule has 1 saturated carbocycles. The fourth-order valence-electron chi connectivity index (χ4n) is 2.54. The third-order valence-electron chi connectivity index (χ3n) is 4.63. The molecular weight excluding hydrogens is 252 g/mol. The summed E-state index contributed by atoms with van der Waals surface area (Å²) in [6, 6.07) is 2.36. The molecule has 0 aliphatic heterocycles. The molecule has 3 nitrogen and oxygen atoms in total. The standard InChI is InChI=1S/C14H17F2NO2/c1-13(2)12(14(13,3)4)17-8-6-5-7(11(18)19)9(15)10(8)16/h5-6,12,17H,1-4H3,(H,18,19). The second-order valence-electron chi connectivity index (χ2n) is 6.11. The molecular formula is C14H17F2NO2. The lowest BCUT2D eigenvalue weighted by Gasteiger charge is -2.11. The van der Waals surface area contributed by atoms with Gasteiger partial charge in [-0.3, -0.25) is 0 Å². The zero-order chi connectivity index (χ0) is 14.6. The first-order valence-corrected chi connectivity index (χ1v) is 6.08. The van der Waals surface area contributed by atoms with E-state index in [0.717, 1.165) is 6.07 Å². The molecule has 2 N–H and O–H groups in total. The molecule has 0 amide bonds. The Hall–Kier alpha value is -1.65. The number of rotatable bonds is 3. The molecule has 19 heavy (non-hydrogen) atoms. The van der Waals surface area contributed by atoms with Gasteiger partial charge in [0.25, 0.3) is 0 Å². The first kappa shape index (κ1) is 13.8. The number of benzene rings is 1. The molecule has 0 heterocycles. The Kier molecular flexibility index (Phi) is 2.84. The van der Waals surface area contributed by atoms with Crippen LogP contribution in [0.2, 0.25) is 0 Å². The first-order valence-electron chi connectivity index (χ1n) is 6.08. The second-order valence-corrected chi connectivity index (χ2v) is 6.11. The molecule has 1 aromatic rings. The molecule has 0 unspecified atom stereocenters. The van der Waals surface area contributed by atoms with Gasteiger partial charge in [0.2, 0.25) is 0 Å². The Balaban J connectivity index is 2.30. The minimum absolute atomic E-state index is 0.00569. The number of carboxylic acids is 1. The van der Waals surface area contributed by atoms with Crippen molar-refractivity contribution < 1.29 is 18.7 Å². The van der Waals surface area contributed by atoms with E-state index in [4.69, 9.17) is 5.11 Å². The van der Waals surface area contributed by atoms with E-state index in [1.807, 2.05) is 27.7 Å². The monoisotopic (exact) mass is 269 g/mol. The van der Waals surface area contributed by atoms with E-state index in [2.05, 4.69) is 5.32 Å². The van der Waals surface area contributed by atoms with Crippen molar-refractivity contribution >= 4 is 11.7 Å². The molecule has 1 fully saturated rings. The lowest BCUT2D eigenvalue weighted by molar-refractivity contribution is 0.0690. The molecule has 1 aromatic carbocycles. The van der Waals surface area contributed by atoms with Gasteiger partial charge in [-0.2, -0.15) is 0 Å². The number of nitrogens with one attached hydrogen (secondary N) is 1. The third-order valence-corrected chi connectivity index (χ3v) is 4.63.